The van der Waals surface area contributed by atoms with Crippen molar-refractivity contribution in [3.05, 3.63) is 57.6 Å². The number of benzene rings is 2. The molecule has 12 heteroatoms. The number of carboxylic acid groups (broad SMARTS) is 1. The lowest BCUT2D eigenvalue weighted by Gasteiger charge is -2.12. The maximum atomic E-state index is 14.5. The Hall–Kier alpha value is -3.98. The first kappa shape index (κ1) is 24.3. The molecule has 0 aliphatic heterocycles. The molecule has 0 fully saturated rings. The van der Waals surface area contributed by atoms with Crippen LogP contribution >= 0.6 is 0 Å². The third-order valence-corrected chi connectivity index (χ3v) is 4.30. The van der Waals surface area contributed by atoms with Gasteiger partial charge in [-0.25, -0.2) is 9.18 Å². The Morgan fingerprint density at radius 1 is 1.22 bits per heavy atom. The van der Waals surface area contributed by atoms with Gasteiger partial charge >= 0.3 is 18.1 Å². The summed E-state index contributed by atoms with van der Waals surface area (Å²) in [6.45, 7) is 0. The third-order valence-electron chi connectivity index (χ3n) is 4.30. The van der Waals surface area contributed by atoms with E-state index in [9.17, 15) is 27.2 Å². The number of alkyl halides is 3. The Morgan fingerprint density at radius 2 is 1.84 bits per heavy atom. The van der Waals surface area contributed by atoms with Gasteiger partial charge < -0.3 is 20.6 Å². The molecule has 4 N–H and O–H groups in total. The van der Waals surface area contributed by atoms with E-state index in [1.165, 1.54) is 25.3 Å². The number of nitrogens with one attached hydrogen (secondary N) is 1. The number of pyridine rings is 1. The molecule has 0 bridgehead atoms. The lowest BCUT2D eigenvalue weighted by Crippen LogP contribution is -2.34. The summed E-state index contributed by atoms with van der Waals surface area (Å²) in [6.07, 6.45) is -5.17. The molecular formula is C20H15F4N3O5. The van der Waals surface area contributed by atoms with Gasteiger partial charge in [0.05, 0.1) is 24.3 Å². The molecule has 0 saturated carbocycles. The van der Waals surface area contributed by atoms with Crippen LogP contribution in [0.4, 0.5) is 17.6 Å². The van der Waals surface area contributed by atoms with Crippen molar-refractivity contribution in [3.8, 4) is 6.07 Å². The molecule has 0 spiro atoms. The van der Waals surface area contributed by atoms with Gasteiger partial charge in [-0.15, -0.1) is 0 Å². The number of nitriles is 1. The average Bonchev–Trinajstić information content (AvgIpc) is 2.73. The van der Waals surface area contributed by atoms with Crippen molar-refractivity contribution >= 4 is 33.6 Å². The molecule has 1 heterocycles. The molecule has 3 rings (SSSR count). The van der Waals surface area contributed by atoms with Gasteiger partial charge in [-0.3, -0.25) is 9.59 Å². The predicted octanol–water partition coefficient (Wildman–Crippen LogP) is 2.37. The highest BCUT2D eigenvalue weighted by Gasteiger charge is 2.38. The Morgan fingerprint density at radius 3 is 2.38 bits per heavy atom. The van der Waals surface area contributed by atoms with Gasteiger partial charge in [0, 0.05) is 17.2 Å². The van der Waals surface area contributed by atoms with Crippen molar-refractivity contribution in [1.82, 2.24) is 4.98 Å². The maximum Gasteiger partial charge on any atom is 0.490 e. The third kappa shape index (κ3) is 5.38. The molecule has 32 heavy (non-hydrogen) atoms. The van der Waals surface area contributed by atoms with Crippen molar-refractivity contribution in [2.24, 2.45) is 5.73 Å². The monoisotopic (exact) mass is 453 g/mol. The minimum atomic E-state index is -5.08. The van der Waals surface area contributed by atoms with Crippen molar-refractivity contribution in [3.63, 3.8) is 0 Å². The Balaban J connectivity index is 0.000000451. The zero-order valence-corrected chi connectivity index (χ0v) is 16.3. The number of halogens is 4. The van der Waals surface area contributed by atoms with Crippen LogP contribution in [0, 0.1) is 17.1 Å². The van der Waals surface area contributed by atoms with Gasteiger partial charge in [0.15, 0.2) is 0 Å². The fourth-order valence-electron chi connectivity index (χ4n) is 2.80. The van der Waals surface area contributed by atoms with E-state index < -0.39 is 35.5 Å². The molecule has 0 aliphatic rings. The first-order chi connectivity index (χ1) is 14.9. The van der Waals surface area contributed by atoms with Crippen LogP contribution in [0.15, 0.2) is 35.1 Å². The van der Waals surface area contributed by atoms with Crippen LogP contribution in [0.3, 0.4) is 0 Å². The number of aromatic nitrogens is 1. The summed E-state index contributed by atoms with van der Waals surface area (Å²) in [5, 5.41) is 17.4. The SMILES string of the molecule is COC(=O)C(N)Cc1cc2c(=O)[nH]c3cc(C#N)ccc3c2cc1F.O=C(O)C(F)(F)F. The smallest absolute Gasteiger partial charge is 0.475 e. The van der Waals surface area contributed by atoms with Crippen molar-refractivity contribution in [2.45, 2.75) is 18.6 Å². The molecule has 0 saturated heterocycles. The summed E-state index contributed by atoms with van der Waals surface area (Å²) < 4.78 is 50.8. The zero-order valence-electron chi connectivity index (χ0n) is 16.3. The number of nitrogens with two attached hydrogens (primary N) is 1. The van der Waals surface area contributed by atoms with Gasteiger partial charge in [-0.1, -0.05) is 6.07 Å². The van der Waals surface area contributed by atoms with Gasteiger partial charge in [-0.2, -0.15) is 18.4 Å². The lowest BCUT2D eigenvalue weighted by atomic mass is 9.99. The highest BCUT2D eigenvalue weighted by Crippen LogP contribution is 2.25. The van der Waals surface area contributed by atoms with Crippen molar-refractivity contribution in [2.75, 3.05) is 7.11 Å². The fourth-order valence-corrected chi connectivity index (χ4v) is 2.80. The molecule has 168 valence electrons. The second-order valence-electron chi connectivity index (χ2n) is 6.45. The van der Waals surface area contributed by atoms with Crippen LogP contribution in [0.1, 0.15) is 11.1 Å². The Bertz CT molecular complexity index is 1290. The van der Waals surface area contributed by atoms with Crippen molar-refractivity contribution < 1.29 is 37.0 Å². The van der Waals surface area contributed by atoms with E-state index >= 15 is 0 Å². The summed E-state index contributed by atoms with van der Waals surface area (Å²) in [6, 6.07) is 8.40. The number of carboxylic acids is 1. The average molecular weight is 453 g/mol. The molecule has 0 amide bonds. The van der Waals surface area contributed by atoms with E-state index in [1.54, 1.807) is 12.1 Å². The van der Waals surface area contributed by atoms with Gasteiger partial charge in [0.25, 0.3) is 5.56 Å². The largest absolute Gasteiger partial charge is 0.490 e. The van der Waals surface area contributed by atoms with Crippen LogP contribution in [-0.2, 0) is 20.7 Å². The number of carbonyl (C=O) groups is 2. The van der Waals surface area contributed by atoms with E-state index in [4.69, 9.17) is 20.9 Å². The first-order valence-electron chi connectivity index (χ1n) is 8.70. The predicted molar refractivity (Wildman–Crippen MR) is 104 cm³/mol. The highest BCUT2D eigenvalue weighted by atomic mass is 19.4. The summed E-state index contributed by atoms with van der Waals surface area (Å²) in [7, 11) is 1.20. The number of aromatic amines is 1. The number of ether oxygens (including phenoxy) is 1. The van der Waals surface area contributed by atoms with E-state index in [2.05, 4.69) is 9.72 Å². The quantitative estimate of drug-likeness (QED) is 0.313. The second-order valence-corrected chi connectivity index (χ2v) is 6.45. The number of H-pyrrole nitrogens is 1. The number of aliphatic carboxylic acids is 1. The molecule has 0 aliphatic carbocycles. The Kier molecular flexibility index (Phi) is 7.17. The number of hydrogen-bond acceptors (Lipinski definition) is 6. The highest BCUT2D eigenvalue weighted by molar-refractivity contribution is 6.05. The topological polar surface area (TPSA) is 146 Å². The lowest BCUT2D eigenvalue weighted by molar-refractivity contribution is -0.192. The molecule has 1 unspecified atom stereocenters. The second kappa shape index (κ2) is 9.44. The molecule has 3 aromatic rings. The van der Waals surface area contributed by atoms with E-state index in [0.717, 1.165) is 0 Å². The van der Waals surface area contributed by atoms with Crippen LogP contribution in [-0.4, -0.2) is 41.4 Å². The van der Waals surface area contributed by atoms with E-state index in [0.29, 0.717) is 21.9 Å². The number of methoxy groups -OCH3 is 1. The summed E-state index contributed by atoms with van der Waals surface area (Å²) in [4.78, 5) is 35.4. The maximum absolute atomic E-state index is 14.5. The van der Waals surface area contributed by atoms with E-state index in [-0.39, 0.29) is 17.4 Å². The van der Waals surface area contributed by atoms with Crippen LogP contribution < -0.4 is 11.3 Å². The summed E-state index contributed by atoms with van der Waals surface area (Å²) >= 11 is 0. The number of rotatable bonds is 3. The minimum Gasteiger partial charge on any atom is -0.475 e. The standard InChI is InChI=1S/C18H14FN3O3.C2HF3O2/c1-25-18(24)15(21)6-10-5-13-12(7-14(10)19)11-3-2-9(8-20)4-16(11)22-17(13)23;3-2(4,5)1(6)7/h2-5,7,15H,6,21H2,1H3,(H,22,23);(H,6,7). The molecule has 8 nitrogen and oxygen atoms in total. The number of carbonyl (C=O) groups excluding carboxylic acids is 1. The summed E-state index contributed by atoms with van der Waals surface area (Å²) in [5.41, 5.74) is 6.27. The number of esters is 1. The van der Waals surface area contributed by atoms with Crippen molar-refractivity contribution in [1.29, 1.82) is 5.26 Å². The van der Waals surface area contributed by atoms with Gasteiger partial charge in [-0.05, 0) is 35.2 Å². The van der Waals surface area contributed by atoms with Crippen LogP contribution in [0.5, 0.6) is 0 Å². The van der Waals surface area contributed by atoms with Gasteiger partial charge in [0.2, 0.25) is 0 Å². The van der Waals surface area contributed by atoms with Crippen LogP contribution in [0.2, 0.25) is 0 Å². The normalized spacial score (nSPS) is 11.9. The molecule has 1 atom stereocenters. The number of hydrogen-bond donors (Lipinski definition) is 3. The summed E-state index contributed by atoms with van der Waals surface area (Å²) in [5.74, 6) is -3.98. The van der Waals surface area contributed by atoms with Crippen LogP contribution in [0.25, 0.3) is 21.7 Å². The molecular weight excluding hydrogens is 438 g/mol. The molecule has 0 radical (unpaired) electrons. The molecule has 1 aromatic heterocycles. The first-order valence-corrected chi connectivity index (χ1v) is 8.70. The van der Waals surface area contributed by atoms with Gasteiger partial charge in [0.1, 0.15) is 11.9 Å². The number of fused-ring (bicyclic) bond motifs is 3. The Labute approximate surface area is 176 Å². The minimum absolute atomic E-state index is 0.0840. The fraction of sp³-hybridized carbons (Fsp3) is 0.200. The van der Waals surface area contributed by atoms with E-state index in [1.807, 2.05) is 6.07 Å². The zero-order chi connectivity index (χ0) is 24.2. The number of nitrogens with zero attached hydrogens (tertiary/aromatic N) is 1. The molecule has 2 aromatic carbocycles.